The fourth-order valence-corrected chi connectivity index (χ4v) is 2.91. The van der Waals surface area contributed by atoms with E-state index < -0.39 is 0 Å². The average Bonchev–Trinajstić information content (AvgIpc) is 3.13. The summed E-state index contributed by atoms with van der Waals surface area (Å²) in [5, 5.41) is 5.27. The van der Waals surface area contributed by atoms with E-state index in [0.717, 1.165) is 41.8 Å². The van der Waals surface area contributed by atoms with Gasteiger partial charge in [0.25, 0.3) is 0 Å². The molecule has 18 heavy (non-hydrogen) atoms. The van der Waals surface area contributed by atoms with E-state index in [2.05, 4.69) is 24.0 Å². The van der Waals surface area contributed by atoms with Gasteiger partial charge in [0.05, 0.1) is 16.4 Å². The third-order valence-electron chi connectivity index (χ3n) is 3.88. The molecule has 2 rings (SSSR count). The number of nitrogens with two attached hydrogens (primary N) is 1. The van der Waals surface area contributed by atoms with E-state index in [1.165, 1.54) is 12.8 Å². The van der Waals surface area contributed by atoms with Gasteiger partial charge in [0.2, 0.25) is 0 Å². The molecule has 102 valence electrons. The molecule has 1 saturated carbocycles. The molecule has 0 aromatic carbocycles. The SMILES string of the molecule is CCc1nn(C)c(CN(C)C(CN)C2CC2)c1Cl. The first-order chi connectivity index (χ1) is 8.58. The predicted octanol–water partition coefficient (Wildman–Crippen LogP) is 1.80. The first kappa shape index (κ1) is 13.8. The number of hydrogen-bond donors (Lipinski definition) is 1. The number of nitrogens with zero attached hydrogens (tertiary/aromatic N) is 3. The maximum atomic E-state index is 6.38. The summed E-state index contributed by atoms with van der Waals surface area (Å²) in [4.78, 5) is 2.32. The minimum atomic E-state index is 0.473. The zero-order valence-electron chi connectivity index (χ0n) is 11.5. The van der Waals surface area contributed by atoms with Gasteiger partial charge >= 0.3 is 0 Å². The molecule has 0 saturated heterocycles. The molecule has 0 spiro atoms. The summed E-state index contributed by atoms with van der Waals surface area (Å²) in [6.45, 7) is 3.62. The van der Waals surface area contributed by atoms with Crippen molar-refractivity contribution in [2.24, 2.45) is 18.7 Å². The highest BCUT2D eigenvalue weighted by atomic mass is 35.5. The van der Waals surface area contributed by atoms with Gasteiger partial charge in [0.15, 0.2) is 0 Å². The Morgan fingerprint density at radius 1 is 1.56 bits per heavy atom. The predicted molar refractivity (Wildman–Crippen MR) is 74.6 cm³/mol. The molecule has 0 radical (unpaired) electrons. The van der Waals surface area contributed by atoms with Crippen molar-refractivity contribution in [3.8, 4) is 0 Å². The lowest BCUT2D eigenvalue weighted by Crippen LogP contribution is -2.39. The van der Waals surface area contributed by atoms with Gasteiger partial charge in [-0.1, -0.05) is 18.5 Å². The zero-order valence-corrected chi connectivity index (χ0v) is 12.2. The Balaban J connectivity index is 2.10. The van der Waals surface area contributed by atoms with Crippen LogP contribution in [0.15, 0.2) is 0 Å². The summed E-state index contributed by atoms with van der Waals surface area (Å²) in [6.07, 6.45) is 3.50. The van der Waals surface area contributed by atoms with E-state index in [4.69, 9.17) is 17.3 Å². The van der Waals surface area contributed by atoms with E-state index >= 15 is 0 Å². The van der Waals surface area contributed by atoms with Gasteiger partial charge < -0.3 is 5.73 Å². The van der Waals surface area contributed by atoms with E-state index in [1.807, 2.05) is 11.7 Å². The third kappa shape index (κ3) is 2.71. The van der Waals surface area contributed by atoms with Crippen molar-refractivity contribution in [2.45, 2.75) is 38.8 Å². The van der Waals surface area contributed by atoms with Crippen molar-refractivity contribution in [1.29, 1.82) is 0 Å². The molecule has 1 atom stereocenters. The highest BCUT2D eigenvalue weighted by Gasteiger charge is 2.33. The van der Waals surface area contributed by atoms with Crippen molar-refractivity contribution in [1.82, 2.24) is 14.7 Å². The van der Waals surface area contributed by atoms with Crippen LogP contribution < -0.4 is 5.73 Å². The second-order valence-electron chi connectivity index (χ2n) is 5.24. The van der Waals surface area contributed by atoms with Crippen LogP contribution in [0.3, 0.4) is 0 Å². The number of likely N-dealkylation sites (N-methyl/N-ethyl adjacent to an activating group) is 1. The lowest BCUT2D eigenvalue weighted by Gasteiger charge is -2.27. The van der Waals surface area contributed by atoms with E-state index in [9.17, 15) is 0 Å². The van der Waals surface area contributed by atoms with Crippen LogP contribution in [-0.2, 0) is 20.0 Å². The quantitative estimate of drug-likeness (QED) is 0.858. The second kappa shape index (κ2) is 5.59. The van der Waals surface area contributed by atoms with E-state index in [1.54, 1.807) is 0 Å². The fraction of sp³-hybridized carbons (Fsp3) is 0.769. The monoisotopic (exact) mass is 270 g/mol. The molecular formula is C13H23ClN4. The molecule has 0 aliphatic heterocycles. The molecule has 2 N–H and O–H groups in total. The Labute approximate surface area is 114 Å². The Bertz CT molecular complexity index is 411. The van der Waals surface area contributed by atoms with Crippen molar-refractivity contribution in [2.75, 3.05) is 13.6 Å². The lowest BCUT2D eigenvalue weighted by molar-refractivity contribution is 0.210. The number of halogens is 1. The molecule has 1 fully saturated rings. The van der Waals surface area contributed by atoms with Gasteiger partial charge in [-0.25, -0.2) is 0 Å². The van der Waals surface area contributed by atoms with E-state index in [0.29, 0.717) is 6.04 Å². The number of aryl methyl sites for hydroxylation is 2. The maximum absolute atomic E-state index is 6.38. The molecule has 1 aromatic heterocycles. The van der Waals surface area contributed by atoms with Gasteiger partial charge in [-0.15, -0.1) is 0 Å². The molecule has 1 aliphatic carbocycles. The van der Waals surface area contributed by atoms with E-state index in [-0.39, 0.29) is 0 Å². The van der Waals surface area contributed by atoms with Crippen LogP contribution in [0.2, 0.25) is 5.02 Å². The van der Waals surface area contributed by atoms with Gasteiger partial charge in [-0.3, -0.25) is 9.58 Å². The van der Waals surface area contributed by atoms with Gasteiger partial charge in [-0.05, 0) is 32.2 Å². The molecule has 5 heteroatoms. The summed E-state index contributed by atoms with van der Waals surface area (Å²) in [7, 11) is 4.09. The van der Waals surface area contributed by atoms with Crippen molar-refractivity contribution in [3.05, 3.63) is 16.4 Å². The third-order valence-corrected chi connectivity index (χ3v) is 4.31. The smallest absolute Gasteiger partial charge is 0.0863 e. The zero-order chi connectivity index (χ0) is 13.3. The van der Waals surface area contributed by atoms with Crippen LogP contribution in [-0.4, -0.2) is 34.3 Å². The first-order valence-corrected chi connectivity index (χ1v) is 7.06. The van der Waals surface area contributed by atoms with Gasteiger partial charge in [0.1, 0.15) is 0 Å². The van der Waals surface area contributed by atoms with Crippen molar-refractivity contribution >= 4 is 11.6 Å². The number of rotatable bonds is 6. The highest BCUT2D eigenvalue weighted by molar-refractivity contribution is 6.31. The highest BCUT2D eigenvalue weighted by Crippen LogP contribution is 2.35. The topological polar surface area (TPSA) is 47.1 Å². The largest absolute Gasteiger partial charge is 0.329 e. The Kier molecular flexibility index (Phi) is 4.30. The van der Waals surface area contributed by atoms with Crippen LogP contribution in [0.1, 0.15) is 31.2 Å². The fourth-order valence-electron chi connectivity index (χ4n) is 2.56. The minimum Gasteiger partial charge on any atom is -0.329 e. The molecular weight excluding hydrogens is 248 g/mol. The maximum Gasteiger partial charge on any atom is 0.0863 e. The molecule has 1 aliphatic rings. The van der Waals surface area contributed by atoms with Crippen LogP contribution in [0, 0.1) is 5.92 Å². The molecule has 4 nitrogen and oxygen atoms in total. The molecule has 0 bridgehead atoms. The molecule has 1 aromatic rings. The summed E-state index contributed by atoms with van der Waals surface area (Å²) in [5.74, 6) is 0.776. The van der Waals surface area contributed by atoms with Gasteiger partial charge in [0, 0.05) is 26.2 Å². The standard InChI is InChI=1S/C13H23ClN4/c1-4-10-13(14)12(18(3)16-10)8-17(2)11(7-15)9-5-6-9/h9,11H,4-8,15H2,1-3H3. The van der Waals surface area contributed by atoms with Crippen LogP contribution in [0.4, 0.5) is 0 Å². The van der Waals surface area contributed by atoms with Crippen molar-refractivity contribution in [3.63, 3.8) is 0 Å². The van der Waals surface area contributed by atoms with Gasteiger partial charge in [-0.2, -0.15) is 5.10 Å². The minimum absolute atomic E-state index is 0.473. The van der Waals surface area contributed by atoms with Crippen LogP contribution in [0.25, 0.3) is 0 Å². The second-order valence-corrected chi connectivity index (χ2v) is 5.62. The van der Waals surface area contributed by atoms with Crippen LogP contribution in [0.5, 0.6) is 0 Å². The summed E-state index contributed by atoms with van der Waals surface area (Å²) < 4.78 is 1.90. The molecule has 0 amide bonds. The first-order valence-electron chi connectivity index (χ1n) is 6.69. The Hall–Kier alpha value is -0.580. The summed E-state index contributed by atoms with van der Waals surface area (Å²) in [6, 6.07) is 0.473. The lowest BCUT2D eigenvalue weighted by atomic mass is 10.1. The number of aromatic nitrogens is 2. The van der Waals surface area contributed by atoms with Crippen molar-refractivity contribution < 1.29 is 0 Å². The van der Waals surface area contributed by atoms with Crippen LogP contribution >= 0.6 is 11.6 Å². The normalized spacial score (nSPS) is 17.4. The summed E-state index contributed by atoms with van der Waals surface area (Å²) in [5.41, 5.74) is 7.96. The molecule has 1 heterocycles. The average molecular weight is 271 g/mol. The Morgan fingerprint density at radius 2 is 2.22 bits per heavy atom. The molecule has 1 unspecified atom stereocenters. The summed E-state index contributed by atoms with van der Waals surface area (Å²) >= 11 is 6.38. The Morgan fingerprint density at radius 3 is 2.67 bits per heavy atom. The number of hydrogen-bond acceptors (Lipinski definition) is 3.